The van der Waals surface area contributed by atoms with E-state index < -0.39 is 21.8 Å². The monoisotopic (exact) mass is 314 g/mol. The first-order valence-electron chi connectivity index (χ1n) is 7.03. The molecule has 2 atom stereocenters. The first-order valence-corrected chi connectivity index (χ1v) is 8.47. The fourth-order valence-corrected chi connectivity index (χ4v) is 4.12. The summed E-state index contributed by atoms with van der Waals surface area (Å²) >= 11 is 0. The van der Waals surface area contributed by atoms with Gasteiger partial charge in [-0.2, -0.15) is 4.31 Å². The van der Waals surface area contributed by atoms with Crippen molar-refractivity contribution in [2.45, 2.75) is 32.3 Å². The molecule has 0 bridgehead atoms. The standard InChI is InChI=1S/C13H22N4O3S/c1-9(2)4-16-7-12(15-8-16)21(19,20)17-5-10(3)11(6-17)13(14)18/h7-11H,4-6H2,1-3H3,(H2,14,18)/t10-,11-/m1/s1. The predicted molar refractivity (Wildman–Crippen MR) is 77.7 cm³/mol. The number of nitrogens with zero attached hydrogens (tertiary/aromatic N) is 3. The zero-order chi connectivity index (χ0) is 15.8. The highest BCUT2D eigenvalue weighted by Gasteiger charge is 2.40. The van der Waals surface area contributed by atoms with Crippen LogP contribution < -0.4 is 5.73 Å². The molecule has 2 N–H and O–H groups in total. The minimum Gasteiger partial charge on any atom is -0.369 e. The molecule has 0 aliphatic carbocycles. The van der Waals surface area contributed by atoms with E-state index in [9.17, 15) is 13.2 Å². The third-order valence-corrected chi connectivity index (χ3v) is 5.45. The molecular weight excluding hydrogens is 292 g/mol. The number of sulfonamides is 1. The van der Waals surface area contributed by atoms with E-state index in [1.165, 1.54) is 16.8 Å². The van der Waals surface area contributed by atoms with Crippen molar-refractivity contribution in [3.05, 3.63) is 12.5 Å². The van der Waals surface area contributed by atoms with Gasteiger partial charge in [-0.3, -0.25) is 4.79 Å². The van der Waals surface area contributed by atoms with Crippen LogP contribution in [0.25, 0.3) is 0 Å². The van der Waals surface area contributed by atoms with Gasteiger partial charge in [0.05, 0.1) is 12.2 Å². The van der Waals surface area contributed by atoms with Crippen molar-refractivity contribution < 1.29 is 13.2 Å². The number of primary amides is 1. The highest BCUT2D eigenvalue weighted by Crippen LogP contribution is 2.27. The summed E-state index contributed by atoms with van der Waals surface area (Å²) in [5, 5.41) is 0.0282. The molecule has 2 rings (SSSR count). The van der Waals surface area contributed by atoms with Crippen LogP contribution in [-0.4, -0.2) is 41.3 Å². The Hall–Kier alpha value is -1.41. The van der Waals surface area contributed by atoms with Crippen LogP contribution >= 0.6 is 0 Å². The summed E-state index contributed by atoms with van der Waals surface area (Å²) in [7, 11) is -3.66. The molecule has 1 aliphatic rings. The summed E-state index contributed by atoms with van der Waals surface area (Å²) in [5.41, 5.74) is 5.31. The van der Waals surface area contributed by atoms with Crippen LogP contribution in [-0.2, 0) is 21.4 Å². The Balaban J connectivity index is 2.19. The van der Waals surface area contributed by atoms with Crippen molar-refractivity contribution in [2.75, 3.05) is 13.1 Å². The largest absolute Gasteiger partial charge is 0.369 e. The number of hydrogen-bond donors (Lipinski definition) is 1. The van der Waals surface area contributed by atoms with Crippen LogP contribution in [0.5, 0.6) is 0 Å². The maximum Gasteiger partial charge on any atom is 0.262 e. The van der Waals surface area contributed by atoms with Gasteiger partial charge >= 0.3 is 0 Å². The molecule has 0 aromatic carbocycles. The number of carbonyl (C=O) groups is 1. The van der Waals surface area contributed by atoms with Gasteiger partial charge in [0.2, 0.25) is 5.91 Å². The zero-order valence-electron chi connectivity index (χ0n) is 12.6. The molecule has 0 spiro atoms. The molecule has 0 saturated carbocycles. The van der Waals surface area contributed by atoms with E-state index in [-0.39, 0.29) is 17.5 Å². The Morgan fingerprint density at radius 3 is 2.67 bits per heavy atom. The molecule has 1 amide bonds. The van der Waals surface area contributed by atoms with Crippen molar-refractivity contribution in [2.24, 2.45) is 23.5 Å². The van der Waals surface area contributed by atoms with E-state index in [0.717, 1.165) is 0 Å². The minimum absolute atomic E-state index is 0.0282. The molecule has 2 heterocycles. The van der Waals surface area contributed by atoms with E-state index >= 15 is 0 Å². The zero-order valence-corrected chi connectivity index (χ0v) is 13.4. The fourth-order valence-electron chi connectivity index (χ4n) is 2.62. The van der Waals surface area contributed by atoms with E-state index in [2.05, 4.69) is 4.98 Å². The van der Waals surface area contributed by atoms with Crippen LogP contribution in [0.3, 0.4) is 0 Å². The van der Waals surface area contributed by atoms with Crippen molar-refractivity contribution >= 4 is 15.9 Å². The summed E-state index contributed by atoms with van der Waals surface area (Å²) in [6, 6.07) is 0. The van der Waals surface area contributed by atoms with Crippen LogP contribution in [0.2, 0.25) is 0 Å². The van der Waals surface area contributed by atoms with E-state index in [4.69, 9.17) is 5.73 Å². The van der Waals surface area contributed by atoms with Crippen molar-refractivity contribution in [1.82, 2.24) is 13.9 Å². The molecule has 0 unspecified atom stereocenters. The van der Waals surface area contributed by atoms with E-state index in [1.807, 2.05) is 20.8 Å². The average Bonchev–Trinajstić information content (AvgIpc) is 2.95. The fraction of sp³-hybridized carbons (Fsp3) is 0.692. The molecule has 21 heavy (non-hydrogen) atoms. The van der Waals surface area contributed by atoms with Gasteiger partial charge in [-0.1, -0.05) is 20.8 Å². The molecule has 7 nitrogen and oxygen atoms in total. The quantitative estimate of drug-likeness (QED) is 0.844. The van der Waals surface area contributed by atoms with Crippen LogP contribution in [0, 0.1) is 17.8 Å². The first-order chi connectivity index (χ1) is 9.71. The molecule has 1 fully saturated rings. The lowest BCUT2D eigenvalue weighted by Gasteiger charge is -2.14. The molecule has 1 aromatic heterocycles. The third kappa shape index (κ3) is 3.26. The highest BCUT2D eigenvalue weighted by atomic mass is 32.2. The van der Waals surface area contributed by atoms with Crippen LogP contribution in [0.15, 0.2) is 17.6 Å². The first kappa shape index (κ1) is 16.0. The molecule has 8 heteroatoms. The van der Waals surface area contributed by atoms with Gasteiger partial charge in [0.25, 0.3) is 10.0 Å². The number of imidazole rings is 1. The van der Waals surface area contributed by atoms with Crippen LogP contribution in [0.4, 0.5) is 0 Å². The summed E-state index contributed by atoms with van der Waals surface area (Å²) in [5.74, 6) is -0.557. The van der Waals surface area contributed by atoms with Gasteiger partial charge in [-0.05, 0) is 11.8 Å². The summed E-state index contributed by atoms with van der Waals surface area (Å²) in [6.45, 7) is 7.08. The Bertz CT molecular complexity index is 623. The van der Waals surface area contributed by atoms with E-state index in [1.54, 1.807) is 4.57 Å². The molecule has 1 aliphatic heterocycles. The highest BCUT2D eigenvalue weighted by molar-refractivity contribution is 7.89. The van der Waals surface area contributed by atoms with Crippen molar-refractivity contribution in [3.63, 3.8) is 0 Å². The number of rotatable bonds is 5. The lowest BCUT2D eigenvalue weighted by atomic mass is 9.98. The summed E-state index contributed by atoms with van der Waals surface area (Å²) in [4.78, 5) is 15.3. The van der Waals surface area contributed by atoms with Gasteiger partial charge in [0.1, 0.15) is 0 Å². The Morgan fingerprint density at radius 2 is 2.14 bits per heavy atom. The molecule has 1 aromatic rings. The summed E-state index contributed by atoms with van der Waals surface area (Å²) < 4.78 is 28.2. The minimum atomic E-state index is -3.66. The molecular formula is C13H22N4O3S. The Kier molecular flexibility index (Phi) is 4.38. The maximum atomic E-state index is 12.5. The third-order valence-electron chi connectivity index (χ3n) is 3.73. The SMILES string of the molecule is CC(C)Cn1cnc(S(=O)(=O)N2C[C@@H](C)[C@H](C(N)=O)C2)c1. The lowest BCUT2D eigenvalue weighted by Crippen LogP contribution is -2.32. The van der Waals surface area contributed by atoms with Gasteiger partial charge < -0.3 is 10.3 Å². The van der Waals surface area contributed by atoms with E-state index in [0.29, 0.717) is 19.0 Å². The number of nitrogens with two attached hydrogens (primary N) is 1. The van der Waals surface area contributed by atoms with Gasteiger partial charge in [0, 0.05) is 25.8 Å². The second-order valence-corrected chi connectivity index (χ2v) is 8.00. The number of amides is 1. The average molecular weight is 314 g/mol. The van der Waals surface area contributed by atoms with Crippen molar-refractivity contribution in [3.8, 4) is 0 Å². The maximum absolute atomic E-state index is 12.5. The number of hydrogen-bond acceptors (Lipinski definition) is 4. The van der Waals surface area contributed by atoms with Gasteiger partial charge in [0.15, 0.2) is 5.03 Å². The molecule has 1 saturated heterocycles. The number of carbonyl (C=O) groups excluding carboxylic acids is 1. The predicted octanol–water partition coefficient (Wildman–Crippen LogP) is 0.281. The smallest absolute Gasteiger partial charge is 0.262 e. The molecule has 0 radical (unpaired) electrons. The topological polar surface area (TPSA) is 98.3 Å². The number of aromatic nitrogens is 2. The lowest BCUT2D eigenvalue weighted by molar-refractivity contribution is -0.122. The second-order valence-electron chi connectivity index (χ2n) is 6.11. The summed E-state index contributed by atoms with van der Waals surface area (Å²) in [6.07, 6.45) is 3.07. The second kappa shape index (κ2) is 5.76. The van der Waals surface area contributed by atoms with Crippen molar-refractivity contribution in [1.29, 1.82) is 0 Å². The van der Waals surface area contributed by atoms with Gasteiger partial charge in [-0.25, -0.2) is 13.4 Å². The Labute approximate surface area is 125 Å². The van der Waals surface area contributed by atoms with Gasteiger partial charge in [-0.15, -0.1) is 0 Å². The normalized spacial score (nSPS) is 23.8. The van der Waals surface area contributed by atoms with Crippen LogP contribution in [0.1, 0.15) is 20.8 Å². The molecule has 118 valence electrons. The Morgan fingerprint density at radius 1 is 1.48 bits per heavy atom.